The van der Waals surface area contributed by atoms with Crippen LogP contribution in [0.1, 0.15) is 41.6 Å². The Bertz CT molecular complexity index is 465. The van der Waals surface area contributed by atoms with E-state index >= 15 is 0 Å². The van der Waals surface area contributed by atoms with Gasteiger partial charge in [0.15, 0.2) is 0 Å². The fourth-order valence-electron chi connectivity index (χ4n) is 2.37. The third-order valence-electron chi connectivity index (χ3n) is 3.54. The lowest BCUT2D eigenvalue weighted by Gasteiger charge is -2.28. The van der Waals surface area contributed by atoms with Gasteiger partial charge in [-0.05, 0) is 31.0 Å². The van der Waals surface area contributed by atoms with E-state index in [1.165, 1.54) is 18.2 Å². The molecular weight excluding hydrogens is 247 g/mol. The lowest BCUT2D eigenvalue weighted by molar-refractivity contribution is 0.00287. The molecule has 0 radical (unpaired) electrons. The minimum atomic E-state index is -0.574. The molecule has 104 valence electrons. The van der Waals surface area contributed by atoms with Crippen LogP contribution in [0.5, 0.6) is 0 Å². The first kappa shape index (κ1) is 14.0. The highest BCUT2D eigenvalue weighted by Gasteiger charge is 2.22. The Labute approximate surface area is 111 Å². The summed E-state index contributed by atoms with van der Waals surface area (Å²) in [6.07, 6.45) is 4.01. The molecule has 4 N–H and O–H groups in total. The number of ether oxygens (including phenoxy) is 1. The van der Waals surface area contributed by atoms with E-state index in [2.05, 4.69) is 0 Å². The standard InChI is InChI=1S/C14H19FN2O2/c15-11-6-5-9(14(17)18)7-10(11)8-19-13-4-2-1-3-12(13)16/h5-7,12-13H,1-4,8,16H2,(H2,17,18). The van der Waals surface area contributed by atoms with Crippen LogP contribution in [0.25, 0.3) is 0 Å². The highest BCUT2D eigenvalue weighted by Crippen LogP contribution is 2.21. The summed E-state index contributed by atoms with van der Waals surface area (Å²) < 4.78 is 19.3. The number of primary amides is 1. The maximum atomic E-state index is 13.6. The lowest BCUT2D eigenvalue weighted by Crippen LogP contribution is -2.39. The number of nitrogens with two attached hydrogens (primary N) is 2. The van der Waals surface area contributed by atoms with Crippen molar-refractivity contribution in [2.45, 2.75) is 44.4 Å². The third-order valence-corrected chi connectivity index (χ3v) is 3.54. The highest BCUT2D eigenvalue weighted by molar-refractivity contribution is 5.92. The second-order valence-electron chi connectivity index (χ2n) is 4.97. The molecule has 2 atom stereocenters. The van der Waals surface area contributed by atoms with Crippen molar-refractivity contribution in [2.75, 3.05) is 0 Å². The van der Waals surface area contributed by atoms with Crippen LogP contribution in [0.2, 0.25) is 0 Å². The monoisotopic (exact) mass is 266 g/mol. The van der Waals surface area contributed by atoms with Gasteiger partial charge in [-0.1, -0.05) is 12.8 Å². The van der Waals surface area contributed by atoms with Crippen molar-refractivity contribution in [1.29, 1.82) is 0 Å². The number of hydrogen-bond donors (Lipinski definition) is 2. The quantitative estimate of drug-likeness (QED) is 0.870. The number of carbonyl (C=O) groups excluding carboxylic acids is 1. The van der Waals surface area contributed by atoms with E-state index in [4.69, 9.17) is 16.2 Å². The summed E-state index contributed by atoms with van der Waals surface area (Å²) in [5, 5.41) is 0. The van der Waals surface area contributed by atoms with E-state index in [9.17, 15) is 9.18 Å². The zero-order valence-electron chi connectivity index (χ0n) is 10.8. The molecule has 19 heavy (non-hydrogen) atoms. The first-order valence-corrected chi connectivity index (χ1v) is 6.53. The van der Waals surface area contributed by atoms with Gasteiger partial charge in [-0.15, -0.1) is 0 Å². The van der Waals surface area contributed by atoms with Crippen LogP contribution >= 0.6 is 0 Å². The Morgan fingerprint density at radius 2 is 2.11 bits per heavy atom. The summed E-state index contributed by atoms with van der Waals surface area (Å²) in [7, 11) is 0. The average Bonchev–Trinajstić information content (AvgIpc) is 2.39. The summed E-state index contributed by atoms with van der Waals surface area (Å²) in [6, 6.07) is 4.05. The molecule has 0 aromatic heterocycles. The zero-order valence-corrected chi connectivity index (χ0v) is 10.8. The van der Waals surface area contributed by atoms with Crippen molar-refractivity contribution in [2.24, 2.45) is 11.5 Å². The molecule has 5 heteroatoms. The molecule has 2 rings (SSSR count). The number of halogens is 1. The fraction of sp³-hybridized carbons (Fsp3) is 0.500. The summed E-state index contributed by atoms with van der Waals surface area (Å²) in [4.78, 5) is 11.1. The molecule has 2 unspecified atom stereocenters. The Morgan fingerprint density at radius 3 is 2.79 bits per heavy atom. The SMILES string of the molecule is NC(=O)c1ccc(F)c(COC2CCCCC2N)c1. The van der Waals surface area contributed by atoms with Gasteiger partial charge in [0, 0.05) is 17.2 Å². The molecule has 0 saturated heterocycles. The van der Waals surface area contributed by atoms with Gasteiger partial charge in [0.05, 0.1) is 12.7 Å². The van der Waals surface area contributed by atoms with Crippen LogP contribution in [0.4, 0.5) is 4.39 Å². The highest BCUT2D eigenvalue weighted by atomic mass is 19.1. The number of hydrogen-bond acceptors (Lipinski definition) is 3. The molecule has 1 fully saturated rings. The molecule has 1 aliphatic carbocycles. The van der Waals surface area contributed by atoms with Gasteiger partial charge in [-0.2, -0.15) is 0 Å². The number of rotatable bonds is 4. The van der Waals surface area contributed by atoms with Gasteiger partial charge in [0.2, 0.25) is 5.91 Å². The topological polar surface area (TPSA) is 78.3 Å². The van der Waals surface area contributed by atoms with Gasteiger partial charge in [-0.3, -0.25) is 4.79 Å². The Balaban J connectivity index is 2.02. The van der Waals surface area contributed by atoms with Gasteiger partial charge in [-0.25, -0.2) is 4.39 Å². The van der Waals surface area contributed by atoms with Crippen molar-refractivity contribution >= 4 is 5.91 Å². The second kappa shape index (κ2) is 6.12. The van der Waals surface area contributed by atoms with E-state index in [1.807, 2.05) is 0 Å². The minimum absolute atomic E-state index is 0.0103. The molecule has 0 heterocycles. The summed E-state index contributed by atoms with van der Waals surface area (Å²) in [5.74, 6) is -0.968. The summed E-state index contributed by atoms with van der Waals surface area (Å²) in [5.41, 5.74) is 11.8. The maximum Gasteiger partial charge on any atom is 0.248 e. The van der Waals surface area contributed by atoms with E-state index in [0.29, 0.717) is 5.56 Å². The molecular formula is C14H19FN2O2. The van der Waals surface area contributed by atoms with Crippen LogP contribution in [0.15, 0.2) is 18.2 Å². The summed E-state index contributed by atoms with van der Waals surface area (Å²) >= 11 is 0. The number of benzene rings is 1. The molecule has 1 aliphatic rings. The predicted molar refractivity (Wildman–Crippen MR) is 69.9 cm³/mol. The van der Waals surface area contributed by atoms with Gasteiger partial charge < -0.3 is 16.2 Å². The summed E-state index contributed by atoms with van der Waals surface area (Å²) in [6.45, 7) is 0.116. The second-order valence-corrected chi connectivity index (χ2v) is 4.97. The van der Waals surface area contributed by atoms with E-state index in [-0.39, 0.29) is 24.3 Å². The smallest absolute Gasteiger partial charge is 0.248 e. The first-order chi connectivity index (χ1) is 9.08. The average molecular weight is 266 g/mol. The van der Waals surface area contributed by atoms with Gasteiger partial charge in [0.25, 0.3) is 0 Å². The Hall–Kier alpha value is -1.46. The van der Waals surface area contributed by atoms with Crippen LogP contribution in [0.3, 0.4) is 0 Å². The number of carbonyl (C=O) groups is 1. The Kier molecular flexibility index (Phi) is 4.50. The lowest BCUT2D eigenvalue weighted by atomic mass is 9.93. The van der Waals surface area contributed by atoms with Crippen LogP contribution < -0.4 is 11.5 Å². The van der Waals surface area contributed by atoms with Crippen LogP contribution in [0, 0.1) is 5.82 Å². The van der Waals surface area contributed by atoms with E-state index < -0.39 is 11.7 Å². The van der Waals surface area contributed by atoms with Crippen molar-refractivity contribution in [1.82, 2.24) is 0 Å². The molecule has 1 aromatic rings. The molecule has 0 spiro atoms. The molecule has 4 nitrogen and oxygen atoms in total. The van der Waals surface area contributed by atoms with Gasteiger partial charge in [0.1, 0.15) is 5.82 Å². The molecule has 1 saturated carbocycles. The van der Waals surface area contributed by atoms with Crippen molar-refractivity contribution in [3.8, 4) is 0 Å². The fourth-order valence-corrected chi connectivity index (χ4v) is 2.37. The van der Waals surface area contributed by atoms with Crippen LogP contribution in [-0.2, 0) is 11.3 Å². The molecule has 1 aromatic carbocycles. The normalized spacial score (nSPS) is 23.3. The number of amides is 1. The van der Waals surface area contributed by atoms with Crippen molar-refractivity contribution in [3.05, 3.63) is 35.1 Å². The predicted octanol–water partition coefficient (Wildman–Crippen LogP) is 1.71. The molecule has 1 amide bonds. The van der Waals surface area contributed by atoms with Crippen molar-refractivity contribution in [3.63, 3.8) is 0 Å². The Morgan fingerprint density at radius 1 is 1.37 bits per heavy atom. The minimum Gasteiger partial charge on any atom is -0.372 e. The van der Waals surface area contributed by atoms with E-state index in [0.717, 1.165) is 25.7 Å². The van der Waals surface area contributed by atoms with Gasteiger partial charge >= 0.3 is 0 Å². The third kappa shape index (κ3) is 3.52. The first-order valence-electron chi connectivity index (χ1n) is 6.53. The zero-order chi connectivity index (χ0) is 13.8. The molecule has 0 bridgehead atoms. The van der Waals surface area contributed by atoms with E-state index in [1.54, 1.807) is 0 Å². The largest absolute Gasteiger partial charge is 0.372 e. The molecule has 0 aliphatic heterocycles. The van der Waals surface area contributed by atoms with Crippen molar-refractivity contribution < 1.29 is 13.9 Å². The van der Waals surface area contributed by atoms with Crippen LogP contribution in [-0.4, -0.2) is 18.1 Å². The maximum absolute atomic E-state index is 13.6.